The smallest absolute Gasteiger partial charge is 0.170 e. The number of hydrogen-bond donors (Lipinski definition) is 0. The van der Waals surface area contributed by atoms with Gasteiger partial charge in [-0.3, -0.25) is 0 Å². The SMILES string of the molecule is CC1(C)CC(N2CCCC2)=CC=[N+]1Cc1ccc(Cl)cc1Cl. The first kappa shape index (κ1) is 15.9. The lowest BCUT2D eigenvalue weighted by Crippen LogP contribution is -2.41. The van der Waals surface area contributed by atoms with E-state index in [1.165, 1.54) is 31.6 Å². The molecule has 22 heavy (non-hydrogen) atoms. The van der Waals surface area contributed by atoms with Crippen LogP contribution in [-0.4, -0.2) is 34.3 Å². The average Bonchev–Trinajstić information content (AvgIpc) is 2.97. The van der Waals surface area contributed by atoms with Crippen molar-refractivity contribution < 1.29 is 4.58 Å². The van der Waals surface area contributed by atoms with Gasteiger partial charge < -0.3 is 4.90 Å². The van der Waals surface area contributed by atoms with Crippen LogP contribution in [0.15, 0.2) is 30.0 Å². The molecule has 0 saturated carbocycles. The summed E-state index contributed by atoms with van der Waals surface area (Å²) in [6, 6.07) is 5.75. The van der Waals surface area contributed by atoms with E-state index in [-0.39, 0.29) is 5.54 Å². The Morgan fingerprint density at radius 3 is 2.55 bits per heavy atom. The molecule has 3 rings (SSSR count). The van der Waals surface area contributed by atoms with E-state index in [1.54, 1.807) is 0 Å². The van der Waals surface area contributed by atoms with Crippen LogP contribution in [-0.2, 0) is 6.54 Å². The van der Waals surface area contributed by atoms with Gasteiger partial charge in [-0.15, -0.1) is 0 Å². The minimum atomic E-state index is 0.0929. The van der Waals surface area contributed by atoms with Crippen molar-refractivity contribution in [3.05, 3.63) is 45.6 Å². The molecule has 0 bridgehead atoms. The van der Waals surface area contributed by atoms with E-state index < -0.39 is 0 Å². The van der Waals surface area contributed by atoms with Crippen molar-refractivity contribution in [1.29, 1.82) is 0 Å². The molecule has 2 heterocycles. The summed E-state index contributed by atoms with van der Waals surface area (Å²) in [6.45, 7) is 7.83. The van der Waals surface area contributed by atoms with Crippen molar-refractivity contribution >= 4 is 29.4 Å². The van der Waals surface area contributed by atoms with Crippen LogP contribution in [0, 0.1) is 0 Å². The Balaban J connectivity index is 1.82. The molecule has 1 saturated heterocycles. The van der Waals surface area contributed by atoms with Crippen LogP contribution in [0.1, 0.15) is 38.7 Å². The highest BCUT2D eigenvalue weighted by molar-refractivity contribution is 6.35. The molecule has 118 valence electrons. The van der Waals surface area contributed by atoms with Crippen LogP contribution in [0.5, 0.6) is 0 Å². The Morgan fingerprint density at radius 2 is 1.91 bits per heavy atom. The molecular weight excluding hydrogens is 315 g/mol. The summed E-state index contributed by atoms with van der Waals surface area (Å²) in [4.78, 5) is 2.53. The van der Waals surface area contributed by atoms with Gasteiger partial charge in [0.2, 0.25) is 0 Å². The molecule has 0 aliphatic carbocycles. The minimum Gasteiger partial charge on any atom is -0.374 e. The summed E-state index contributed by atoms with van der Waals surface area (Å²) in [5, 5.41) is 1.43. The summed E-state index contributed by atoms with van der Waals surface area (Å²) in [5.74, 6) is 0. The van der Waals surface area contributed by atoms with Crippen LogP contribution in [0.2, 0.25) is 10.0 Å². The molecule has 2 aliphatic heterocycles. The van der Waals surface area contributed by atoms with Crippen molar-refractivity contribution in [3.8, 4) is 0 Å². The van der Waals surface area contributed by atoms with Crippen LogP contribution >= 0.6 is 23.2 Å². The van der Waals surface area contributed by atoms with Gasteiger partial charge in [-0.1, -0.05) is 23.2 Å². The number of hydrogen-bond acceptors (Lipinski definition) is 1. The van der Waals surface area contributed by atoms with Gasteiger partial charge in [0.1, 0.15) is 0 Å². The van der Waals surface area contributed by atoms with E-state index in [4.69, 9.17) is 23.2 Å². The number of rotatable bonds is 3. The van der Waals surface area contributed by atoms with Gasteiger partial charge in [0, 0.05) is 49.3 Å². The van der Waals surface area contributed by atoms with Crippen molar-refractivity contribution in [2.24, 2.45) is 0 Å². The maximum Gasteiger partial charge on any atom is 0.170 e. The Kier molecular flexibility index (Phi) is 4.52. The molecule has 4 heteroatoms. The van der Waals surface area contributed by atoms with E-state index in [2.05, 4.69) is 35.6 Å². The quantitative estimate of drug-likeness (QED) is 0.722. The van der Waals surface area contributed by atoms with Crippen LogP contribution in [0.4, 0.5) is 0 Å². The molecule has 0 atom stereocenters. The first-order valence-corrected chi connectivity index (χ1v) is 8.71. The predicted octanol–water partition coefficient (Wildman–Crippen LogP) is 4.74. The number of halogens is 2. The van der Waals surface area contributed by atoms with Crippen LogP contribution in [0.25, 0.3) is 0 Å². The van der Waals surface area contributed by atoms with Crippen molar-refractivity contribution in [2.75, 3.05) is 13.1 Å². The van der Waals surface area contributed by atoms with E-state index in [0.717, 1.165) is 23.6 Å². The molecule has 0 aromatic heterocycles. The van der Waals surface area contributed by atoms with Gasteiger partial charge >= 0.3 is 0 Å². The normalized spacial score (nSPS) is 20.8. The molecule has 1 aromatic rings. The van der Waals surface area contributed by atoms with E-state index >= 15 is 0 Å². The van der Waals surface area contributed by atoms with Crippen LogP contribution in [0.3, 0.4) is 0 Å². The monoisotopic (exact) mass is 337 g/mol. The first-order valence-electron chi connectivity index (χ1n) is 7.95. The molecule has 2 nitrogen and oxygen atoms in total. The Bertz CT molecular complexity index is 626. The van der Waals surface area contributed by atoms with Crippen molar-refractivity contribution in [3.63, 3.8) is 0 Å². The zero-order valence-corrected chi connectivity index (χ0v) is 14.8. The van der Waals surface area contributed by atoms with E-state index in [0.29, 0.717) is 5.02 Å². The van der Waals surface area contributed by atoms with Gasteiger partial charge in [0.25, 0.3) is 0 Å². The fourth-order valence-electron chi connectivity index (χ4n) is 3.30. The molecule has 1 fully saturated rings. The number of allylic oxidation sites excluding steroid dienone is 1. The van der Waals surface area contributed by atoms with Crippen molar-refractivity contribution in [1.82, 2.24) is 4.90 Å². The van der Waals surface area contributed by atoms with Crippen molar-refractivity contribution in [2.45, 2.75) is 45.2 Å². The molecule has 0 unspecified atom stereocenters. The molecule has 0 radical (unpaired) electrons. The number of likely N-dealkylation sites (tertiary alicyclic amines) is 1. The average molecular weight is 338 g/mol. The van der Waals surface area contributed by atoms with Gasteiger partial charge in [-0.25, -0.2) is 4.58 Å². The number of nitrogens with zero attached hydrogens (tertiary/aromatic N) is 2. The van der Waals surface area contributed by atoms with Crippen LogP contribution < -0.4 is 0 Å². The highest BCUT2D eigenvalue weighted by Crippen LogP contribution is 2.30. The van der Waals surface area contributed by atoms with Gasteiger partial charge in [-0.2, -0.15) is 0 Å². The molecular formula is C18H23Cl2N2+. The second-order valence-electron chi connectivity index (χ2n) is 6.85. The summed E-state index contributed by atoms with van der Waals surface area (Å²) >= 11 is 12.3. The highest BCUT2D eigenvalue weighted by atomic mass is 35.5. The molecule has 0 N–H and O–H groups in total. The standard InChI is InChI=1S/C18H23Cl2N2/c1-18(2)12-16(21-8-3-4-9-21)7-10-22(18)13-14-5-6-15(19)11-17(14)20/h5-7,10-11H,3-4,8-9,12-13H2,1-2H3/q+1. The van der Waals surface area contributed by atoms with E-state index in [9.17, 15) is 0 Å². The third kappa shape index (κ3) is 3.33. The fourth-order valence-corrected chi connectivity index (χ4v) is 3.77. The third-order valence-electron chi connectivity index (χ3n) is 4.71. The summed E-state index contributed by atoms with van der Waals surface area (Å²) in [5.41, 5.74) is 2.68. The molecule has 0 amide bonds. The lowest BCUT2D eigenvalue weighted by molar-refractivity contribution is -0.612. The first-order chi connectivity index (χ1) is 10.5. The number of benzene rings is 1. The Morgan fingerprint density at radius 1 is 1.18 bits per heavy atom. The Labute approximate surface area is 143 Å². The summed E-state index contributed by atoms with van der Waals surface area (Å²) in [6.07, 6.45) is 8.22. The molecule has 1 aromatic carbocycles. The Hall–Kier alpha value is -0.990. The van der Waals surface area contributed by atoms with E-state index in [1.807, 2.05) is 18.2 Å². The summed E-state index contributed by atoms with van der Waals surface area (Å²) < 4.78 is 2.38. The minimum absolute atomic E-state index is 0.0929. The largest absolute Gasteiger partial charge is 0.374 e. The fraction of sp³-hybridized carbons (Fsp3) is 0.500. The summed E-state index contributed by atoms with van der Waals surface area (Å²) in [7, 11) is 0. The topological polar surface area (TPSA) is 6.25 Å². The second-order valence-corrected chi connectivity index (χ2v) is 7.70. The lowest BCUT2D eigenvalue weighted by Gasteiger charge is -2.31. The third-order valence-corrected chi connectivity index (χ3v) is 5.29. The second kappa shape index (κ2) is 6.25. The molecule has 0 spiro atoms. The molecule has 2 aliphatic rings. The zero-order chi connectivity index (χ0) is 15.7. The van der Waals surface area contributed by atoms with Gasteiger partial charge in [-0.05, 0) is 31.0 Å². The maximum atomic E-state index is 6.33. The zero-order valence-electron chi connectivity index (χ0n) is 13.3. The maximum absolute atomic E-state index is 6.33. The van der Waals surface area contributed by atoms with Gasteiger partial charge in [0.05, 0.1) is 11.4 Å². The lowest BCUT2D eigenvalue weighted by atomic mass is 9.93. The highest BCUT2D eigenvalue weighted by Gasteiger charge is 2.36. The van der Waals surface area contributed by atoms with Gasteiger partial charge in [0.15, 0.2) is 18.3 Å². The predicted molar refractivity (Wildman–Crippen MR) is 94.1 cm³/mol.